The fourth-order valence-electron chi connectivity index (χ4n) is 1.99. The van der Waals surface area contributed by atoms with Crippen molar-refractivity contribution < 1.29 is 9.70 Å². The fraction of sp³-hybridized carbons (Fsp3) is 0.0667. The van der Waals surface area contributed by atoms with E-state index < -0.39 is 0 Å². The maximum atomic E-state index is 11.9. The zero-order valence-corrected chi connectivity index (χ0v) is 10.7. The van der Waals surface area contributed by atoms with Gasteiger partial charge in [0.05, 0.1) is 17.1 Å². The molecule has 0 bridgehead atoms. The molecule has 3 rings (SSSR count). The number of fused-ring (bicyclic) bond motifs is 1. The number of hydrogen-bond acceptors (Lipinski definition) is 3. The summed E-state index contributed by atoms with van der Waals surface area (Å²) >= 11 is 0. The van der Waals surface area contributed by atoms with E-state index in [1.54, 1.807) is 6.20 Å². The minimum absolute atomic E-state index is 0.266. The molecule has 0 aliphatic rings. The van der Waals surface area contributed by atoms with Crippen LogP contribution in [0.4, 0.5) is 5.69 Å². The lowest BCUT2D eigenvalue weighted by Gasteiger charge is -1.99. The number of rotatable bonds is 4. The molecule has 1 heterocycles. The summed E-state index contributed by atoms with van der Waals surface area (Å²) in [7, 11) is 0. The van der Waals surface area contributed by atoms with Crippen molar-refractivity contribution in [2.45, 2.75) is 6.61 Å². The average Bonchev–Trinajstić information content (AvgIpc) is 2.92. The lowest BCUT2D eigenvalue weighted by molar-refractivity contribution is -0.478. The third-order valence-electron chi connectivity index (χ3n) is 2.98. The van der Waals surface area contributed by atoms with Crippen LogP contribution in [0.15, 0.2) is 66.1 Å². The molecule has 1 aromatic heterocycles. The molecule has 0 radical (unpaired) electrons. The van der Waals surface area contributed by atoms with Gasteiger partial charge in [0, 0.05) is 0 Å². The fourth-order valence-corrected chi connectivity index (χ4v) is 1.99. The Hall–Kier alpha value is -2.82. The van der Waals surface area contributed by atoms with Crippen LogP contribution in [0.25, 0.3) is 10.9 Å². The Morgan fingerprint density at radius 1 is 1.05 bits per heavy atom. The molecule has 0 unspecified atom stereocenters. The Kier molecular flexibility index (Phi) is 3.33. The van der Waals surface area contributed by atoms with E-state index in [0.29, 0.717) is 10.5 Å². The Bertz CT molecular complexity index is 735. The Labute approximate surface area is 115 Å². The third kappa shape index (κ3) is 2.47. The van der Waals surface area contributed by atoms with Crippen molar-refractivity contribution in [1.29, 1.82) is 0 Å². The van der Waals surface area contributed by atoms with Gasteiger partial charge in [-0.15, -0.1) is 0 Å². The zero-order valence-electron chi connectivity index (χ0n) is 10.7. The molecule has 0 aliphatic carbocycles. The van der Waals surface area contributed by atoms with Gasteiger partial charge in [-0.2, -0.15) is 0 Å². The molecule has 0 saturated heterocycles. The van der Waals surface area contributed by atoms with Crippen LogP contribution in [-0.4, -0.2) is 9.84 Å². The number of hydrogen-bond donors (Lipinski definition) is 1. The van der Waals surface area contributed by atoms with E-state index in [1.165, 1.54) is 0 Å². The SMILES string of the molecule is [O-]/[N+](=N\OCc1ccccc1)c1c[nH]c2ccccc12. The van der Waals surface area contributed by atoms with Crippen molar-refractivity contribution in [2.75, 3.05) is 0 Å². The first kappa shape index (κ1) is 12.2. The summed E-state index contributed by atoms with van der Waals surface area (Å²) in [5, 5.41) is 16.3. The van der Waals surface area contributed by atoms with Crippen LogP contribution in [0.5, 0.6) is 0 Å². The van der Waals surface area contributed by atoms with E-state index >= 15 is 0 Å². The Balaban J connectivity index is 1.75. The monoisotopic (exact) mass is 267 g/mol. The lowest BCUT2D eigenvalue weighted by Crippen LogP contribution is -1.94. The summed E-state index contributed by atoms with van der Waals surface area (Å²) in [4.78, 5) is 8.59. The molecule has 0 atom stereocenters. The predicted octanol–water partition coefficient (Wildman–Crippen LogP) is 3.89. The van der Waals surface area contributed by atoms with Gasteiger partial charge in [-0.05, 0) is 22.6 Å². The molecule has 3 aromatic rings. The highest BCUT2D eigenvalue weighted by Gasteiger charge is 2.11. The number of nitrogens with zero attached hydrogens (tertiary/aromatic N) is 2. The number of H-pyrrole nitrogens is 1. The molecule has 5 nitrogen and oxygen atoms in total. The summed E-state index contributed by atoms with van der Waals surface area (Å²) in [5.41, 5.74) is 2.29. The largest absolute Gasteiger partial charge is 0.592 e. The van der Waals surface area contributed by atoms with Gasteiger partial charge in [-0.1, -0.05) is 42.5 Å². The molecule has 0 fully saturated rings. The molecule has 0 spiro atoms. The summed E-state index contributed by atoms with van der Waals surface area (Å²) in [5.74, 6) is 0. The predicted molar refractivity (Wildman–Crippen MR) is 75.2 cm³/mol. The number of aromatic amines is 1. The minimum Gasteiger partial charge on any atom is -0.592 e. The van der Waals surface area contributed by atoms with E-state index in [1.807, 2.05) is 54.6 Å². The van der Waals surface area contributed by atoms with E-state index in [4.69, 9.17) is 4.84 Å². The van der Waals surface area contributed by atoms with Crippen LogP contribution in [-0.2, 0) is 11.4 Å². The Morgan fingerprint density at radius 2 is 1.80 bits per heavy atom. The second-order valence-corrected chi connectivity index (χ2v) is 4.33. The van der Waals surface area contributed by atoms with Crippen LogP contribution in [0, 0.1) is 5.21 Å². The second-order valence-electron chi connectivity index (χ2n) is 4.33. The molecule has 100 valence electrons. The van der Waals surface area contributed by atoms with Crippen molar-refractivity contribution in [2.24, 2.45) is 5.28 Å². The van der Waals surface area contributed by atoms with Gasteiger partial charge in [0.25, 0.3) is 5.69 Å². The van der Waals surface area contributed by atoms with Gasteiger partial charge >= 0.3 is 0 Å². The van der Waals surface area contributed by atoms with Gasteiger partial charge < -0.3 is 15.0 Å². The zero-order chi connectivity index (χ0) is 13.8. The number of para-hydroxylation sites is 1. The van der Waals surface area contributed by atoms with E-state index in [9.17, 15) is 5.21 Å². The number of benzene rings is 2. The first-order chi connectivity index (χ1) is 9.84. The van der Waals surface area contributed by atoms with Crippen molar-refractivity contribution in [1.82, 2.24) is 4.98 Å². The highest BCUT2D eigenvalue weighted by molar-refractivity contribution is 5.88. The van der Waals surface area contributed by atoms with Crippen molar-refractivity contribution in [3.05, 3.63) is 71.6 Å². The van der Waals surface area contributed by atoms with Crippen LogP contribution < -0.4 is 0 Å². The lowest BCUT2D eigenvalue weighted by atomic mass is 10.2. The van der Waals surface area contributed by atoms with E-state index in [2.05, 4.69) is 10.3 Å². The van der Waals surface area contributed by atoms with Gasteiger partial charge in [-0.25, -0.2) is 0 Å². The van der Waals surface area contributed by atoms with E-state index in [0.717, 1.165) is 16.5 Å². The maximum absolute atomic E-state index is 11.9. The van der Waals surface area contributed by atoms with Crippen LogP contribution in [0.3, 0.4) is 0 Å². The average molecular weight is 267 g/mol. The summed E-state index contributed by atoms with van der Waals surface area (Å²) in [6, 6.07) is 17.1. The van der Waals surface area contributed by atoms with Gasteiger partial charge in [0.15, 0.2) is 0 Å². The highest BCUT2D eigenvalue weighted by atomic mass is 16.7. The molecular weight excluding hydrogens is 254 g/mol. The van der Waals surface area contributed by atoms with Crippen LogP contribution in [0.1, 0.15) is 5.56 Å². The van der Waals surface area contributed by atoms with Crippen LogP contribution >= 0.6 is 0 Å². The molecule has 0 saturated carbocycles. The second kappa shape index (κ2) is 5.44. The van der Waals surface area contributed by atoms with Crippen molar-refractivity contribution in [3.8, 4) is 0 Å². The molecule has 20 heavy (non-hydrogen) atoms. The molecule has 2 aromatic carbocycles. The summed E-state index contributed by atoms with van der Waals surface area (Å²) in [6.07, 6.45) is 1.62. The molecular formula is C15H13N3O2. The minimum atomic E-state index is 0.266. The molecule has 0 aliphatic heterocycles. The Morgan fingerprint density at radius 3 is 2.65 bits per heavy atom. The number of nitrogens with one attached hydrogen (secondary N) is 1. The standard InChI is InChI=1S/C15H13N3O2/c19-18(17-20-11-12-6-2-1-3-7-12)15-10-16-14-9-5-4-8-13(14)15/h1-10,16H,11H2/b18-17-. The van der Waals surface area contributed by atoms with Crippen LogP contribution in [0.2, 0.25) is 0 Å². The number of aromatic nitrogens is 1. The third-order valence-corrected chi connectivity index (χ3v) is 2.98. The normalized spacial score (nSPS) is 11.7. The van der Waals surface area contributed by atoms with Gasteiger partial charge in [-0.3, -0.25) is 0 Å². The van der Waals surface area contributed by atoms with Crippen molar-refractivity contribution in [3.63, 3.8) is 0 Å². The quantitative estimate of drug-likeness (QED) is 0.442. The van der Waals surface area contributed by atoms with Gasteiger partial charge in [0.2, 0.25) is 5.28 Å². The highest BCUT2D eigenvalue weighted by Crippen LogP contribution is 2.24. The molecule has 0 amide bonds. The van der Waals surface area contributed by atoms with Crippen molar-refractivity contribution >= 4 is 16.6 Å². The topological polar surface area (TPSA) is 63.4 Å². The molecule has 5 heteroatoms. The smallest absolute Gasteiger partial charge is 0.273 e. The van der Waals surface area contributed by atoms with E-state index in [-0.39, 0.29) is 6.61 Å². The maximum Gasteiger partial charge on any atom is 0.273 e. The summed E-state index contributed by atoms with van der Waals surface area (Å²) < 4.78 is 0. The van der Waals surface area contributed by atoms with Gasteiger partial charge in [0.1, 0.15) is 6.61 Å². The first-order valence-electron chi connectivity index (χ1n) is 6.25. The molecule has 1 N–H and O–H groups in total. The summed E-state index contributed by atoms with van der Waals surface area (Å²) in [6.45, 7) is 0.266. The first-order valence-corrected chi connectivity index (χ1v) is 6.25.